The van der Waals surface area contributed by atoms with Gasteiger partial charge >= 0.3 is 12.1 Å². The summed E-state index contributed by atoms with van der Waals surface area (Å²) in [6, 6.07) is 6.95. The first-order valence-corrected chi connectivity index (χ1v) is 25.3. The van der Waals surface area contributed by atoms with Gasteiger partial charge in [0.1, 0.15) is 12.4 Å². The molecule has 2 fully saturated rings. The van der Waals surface area contributed by atoms with Gasteiger partial charge in [-0.2, -0.15) is 0 Å². The number of hydrogen-bond donors (Lipinski definition) is 2. The molecule has 3 N–H and O–H groups in total. The van der Waals surface area contributed by atoms with Crippen LogP contribution in [0.5, 0.6) is 5.75 Å². The molecule has 6 heterocycles. The van der Waals surface area contributed by atoms with Gasteiger partial charge in [-0.3, -0.25) is 28.9 Å². The zero-order chi connectivity index (χ0) is 52.0. The predicted octanol–water partition coefficient (Wildman–Crippen LogP) is 3.99. The van der Waals surface area contributed by atoms with Gasteiger partial charge in [0.2, 0.25) is 11.8 Å². The number of carbonyl (C=O) groups is 6. The molecule has 1 aromatic carbocycles. The van der Waals surface area contributed by atoms with Gasteiger partial charge in [-0.15, -0.1) is 0 Å². The van der Waals surface area contributed by atoms with Crippen molar-refractivity contribution in [1.29, 1.82) is 0 Å². The van der Waals surface area contributed by atoms with E-state index in [1.807, 2.05) is 27.7 Å². The number of cyclic esters (lactones) is 1. The molecule has 72 heavy (non-hydrogen) atoms. The molecule has 1 aliphatic carbocycles. The fourth-order valence-electron chi connectivity index (χ4n) is 9.53. The van der Waals surface area contributed by atoms with Gasteiger partial charge < -0.3 is 53.6 Å². The van der Waals surface area contributed by atoms with Crippen LogP contribution in [0, 0.1) is 11.8 Å². The third-order valence-electron chi connectivity index (χ3n) is 13.6. The first-order chi connectivity index (χ1) is 34.8. The average Bonchev–Trinajstić information content (AvgIpc) is 3.92. The molecule has 0 radical (unpaired) electrons. The smallest absolute Gasteiger partial charge is 0.415 e. The minimum Gasteiger partial charge on any atom is -0.458 e. The van der Waals surface area contributed by atoms with E-state index in [0.717, 1.165) is 42.2 Å². The zero-order valence-electron chi connectivity index (χ0n) is 42.2. The van der Waals surface area contributed by atoms with Crippen molar-refractivity contribution in [3.63, 3.8) is 0 Å². The predicted molar refractivity (Wildman–Crippen MR) is 263 cm³/mol. The maximum atomic E-state index is 13.6. The minimum atomic E-state index is -1.90. The molecule has 1 saturated heterocycles. The first-order valence-electron chi connectivity index (χ1n) is 25.3. The summed E-state index contributed by atoms with van der Waals surface area (Å²) in [5, 5.41) is 12.0. The average molecular weight is 1000 g/mol. The van der Waals surface area contributed by atoms with Gasteiger partial charge in [0.25, 0.3) is 17.4 Å². The number of amides is 5. The Bertz CT molecular complexity index is 2510. The number of primary amides is 1. The van der Waals surface area contributed by atoms with Crippen LogP contribution in [0.25, 0.3) is 22.3 Å². The van der Waals surface area contributed by atoms with Crippen molar-refractivity contribution in [2.45, 2.75) is 98.3 Å². The highest BCUT2D eigenvalue weighted by Crippen LogP contribution is 2.41. The summed E-state index contributed by atoms with van der Waals surface area (Å²) >= 11 is 0. The summed E-state index contributed by atoms with van der Waals surface area (Å²) in [5.74, 6) is -0.861. The maximum Gasteiger partial charge on any atom is 0.415 e. The van der Waals surface area contributed by atoms with Gasteiger partial charge in [0, 0.05) is 73.9 Å². The van der Waals surface area contributed by atoms with E-state index in [1.54, 1.807) is 45.6 Å². The number of benzene rings is 1. The molecule has 4 aliphatic heterocycles. The van der Waals surface area contributed by atoms with Crippen LogP contribution in [0.4, 0.5) is 4.79 Å². The monoisotopic (exact) mass is 1000 g/mol. The highest BCUT2D eigenvalue weighted by molar-refractivity contribution is 6.12. The molecule has 5 aliphatic rings. The standard InChI is InChI=1S/C38H48N4O11.C12H16N2O3.C2H6/c1-4-26-27-21-25(53-37(46)41-12-10-40(11-13-41)33(43)9-14-49-17-18-51-20-19-50-16-15-48-6-3)7-8-31(27)39-34-28(26)23-42-32(34)22-30-29(35(42)44)24-52-36(45)38(30,47)5-2;13-12(17)9-3-1-8(2-4-9)7-14-10(15)5-6-11(14)16;1-2/h7-8,21-22,47H,4-6,9-20,23-24H2,1-3H3;5-6,8-9H,1-4,7H2,(H2,13,17);1-2H3. The van der Waals surface area contributed by atoms with Crippen LogP contribution in [0.1, 0.15) is 95.4 Å². The molecule has 5 amide bonds. The lowest BCUT2D eigenvalue weighted by atomic mass is 9.81. The molecular weight excluding hydrogens is 933 g/mol. The number of nitrogens with two attached hydrogens (primary N) is 1. The van der Waals surface area contributed by atoms with E-state index in [2.05, 4.69) is 0 Å². The lowest BCUT2D eigenvalue weighted by Crippen LogP contribution is -2.51. The normalized spacial score (nSPS) is 20.0. The number of pyridine rings is 2. The number of aryl methyl sites for hydroxylation is 1. The summed E-state index contributed by atoms with van der Waals surface area (Å²) in [5.41, 5.74) is 7.22. The van der Waals surface area contributed by atoms with Crippen LogP contribution in [0.2, 0.25) is 0 Å². The second kappa shape index (κ2) is 26.1. The molecular formula is C52H70N6O14. The second-order valence-electron chi connectivity index (χ2n) is 17.8. The second-order valence-corrected chi connectivity index (χ2v) is 17.8. The van der Waals surface area contributed by atoms with Crippen molar-refractivity contribution in [2.24, 2.45) is 17.6 Å². The Morgan fingerprint density at radius 3 is 2.01 bits per heavy atom. The van der Waals surface area contributed by atoms with Crippen LogP contribution in [-0.4, -0.2) is 151 Å². The molecule has 1 saturated carbocycles. The van der Waals surface area contributed by atoms with E-state index in [0.29, 0.717) is 114 Å². The van der Waals surface area contributed by atoms with Crippen molar-refractivity contribution in [1.82, 2.24) is 24.3 Å². The molecule has 1 atom stereocenters. The maximum absolute atomic E-state index is 13.6. The number of hydrogen-bond acceptors (Lipinski definition) is 15. The Morgan fingerprint density at radius 2 is 1.42 bits per heavy atom. The third-order valence-corrected chi connectivity index (χ3v) is 13.6. The summed E-state index contributed by atoms with van der Waals surface area (Å²) in [6.45, 7) is 15.5. The fourth-order valence-corrected chi connectivity index (χ4v) is 9.53. The molecule has 20 heteroatoms. The van der Waals surface area contributed by atoms with Gasteiger partial charge in [-0.1, -0.05) is 27.7 Å². The summed E-state index contributed by atoms with van der Waals surface area (Å²) in [7, 11) is 0. The highest BCUT2D eigenvalue weighted by atomic mass is 16.6. The number of ether oxygens (including phenoxy) is 6. The van der Waals surface area contributed by atoms with E-state index >= 15 is 0 Å². The largest absolute Gasteiger partial charge is 0.458 e. The number of imide groups is 1. The summed E-state index contributed by atoms with van der Waals surface area (Å²) in [4.78, 5) is 95.3. The third kappa shape index (κ3) is 12.9. The Hall–Kier alpha value is -6.06. The summed E-state index contributed by atoms with van der Waals surface area (Å²) < 4.78 is 34.2. The number of carbonyl (C=O) groups excluding carboxylic acids is 6. The molecule has 0 spiro atoms. The molecule has 392 valence electrons. The van der Waals surface area contributed by atoms with E-state index in [9.17, 15) is 38.7 Å². The van der Waals surface area contributed by atoms with Gasteiger partial charge in [-0.25, -0.2) is 14.6 Å². The zero-order valence-corrected chi connectivity index (χ0v) is 42.2. The van der Waals surface area contributed by atoms with Crippen LogP contribution in [0.15, 0.2) is 41.2 Å². The molecule has 2 aromatic heterocycles. The number of nitrogens with zero attached hydrogens (tertiary/aromatic N) is 5. The number of aliphatic hydroxyl groups is 1. The van der Waals surface area contributed by atoms with E-state index in [-0.39, 0.29) is 78.8 Å². The quantitative estimate of drug-likeness (QED) is 0.0766. The van der Waals surface area contributed by atoms with E-state index < -0.39 is 17.7 Å². The number of piperazine rings is 1. The molecule has 3 aromatic rings. The summed E-state index contributed by atoms with van der Waals surface area (Å²) in [6.07, 6.45) is 6.28. The SMILES string of the molecule is CC.CCOCCOCCOCCOCCC(=O)N1CCN(C(=O)Oc2ccc3nc4c(c(CC)c3c2)Cn2c-4cc3c(c2=O)COC(=O)C3(O)CC)CC1.NC(=O)C1CCC(CN2C(=O)C=CC2=O)CC1. The number of fused-ring (bicyclic) bond motifs is 5. The number of esters is 1. The van der Waals surface area contributed by atoms with Gasteiger partial charge in [0.15, 0.2) is 5.60 Å². The van der Waals surface area contributed by atoms with Crippen LogP contribution < -0.4 is 16.0 Å². The fraction of sp³-hybridized carbons (Fsp3) is 0.577. The Balaban J connectivity index is 0.000000373. The minimum absolute atomic E-state index is 0.0317. The van der Waals surface area contributed by atoms with Crippen LogP contribution in [-0.2, 0) is 72.8 Å². The van der Waals surface area contributed by atoms with Crippen LogP contribution in [0.3, 0.4) is 0 Å². The highest BCUT2D eigenvalue weighted by Gasteiger charge is 2.45. The Morgan fingerprint density at radius 1 is 0.806 bits per heavy atom. The Kier molecular flexibility index (Phi) is 20.0. The van der Waals surface area contributed by atoms with Crippen molar-refractivity contribution in [3.8, 4) is 17.1 Å². The number of rotatable bonds is 19. The Labute approximate surface area is 419 Å². The van der Waals surface area contributed by atoms with Crippen molar-refractivity contribution in [3.05, 3.63) is 69.0 Å². The van der Waals surface area contributed by atoms with Crippen molar-refractivity contribution in [2.75, 3.05) is 85.6 Å². The van der Waals surface area contributed by atoms with Crippen molar-refractivity contribution < 1.29 is 62.3 Å². The van der Waals surface area contributed by atoms with Crippen molar-refractivity contribution >= 4 is 46.6 Å². The topological polar surface area (TPSA) is 249 Å². The van der Waals surface area contributed by atoms with Gasteiger partial charge in [-0.05, 0) is 81.2 Å². The van der Waals surface area contributed by atoms with E-state index in [1.165, 1.54) is 17.1 Å². The van der Waals surface area contributed by atoms with Crippen LogP contribution >= 0.6 is 0 Å². The molecule has 20 nitrogen and oxygen atoms in total. The molecule has 1 unspecified atom stereocenters. The lowest BCUT2D eigenvalue weighted by Gasteiger charge is -2.34. The number of aromatic nitrogens is 2. The van der Waals surface area contributed by atoms with Gasteiger partial charge in [0.05, 0.1) is 81.7 Å². The lowest BCUT2D eigenvalue weighted by molar-refractivity contribution is -0.172. The van der Waals surface area contributed by atoms with E-state index in [4.69, 9.17) is 39.1 Å². The molecule has 8 rings (SSSR count). The molecule has 0 bridgehead atoms. The first kappa shape index (κ1) is 55.3.